The van der Waals surface area contributed by atoms with Gasteiger partial charge in [-0.05, 0) is 43.2 Å². The normalized spacial score (nSPS) is 14.8. The highest BCUT2D eigenvalue weighted by Gasteiger charge is 2.46. The number of nitrogens with one attached hydrogen (secondary N) is 1. The largest absolute Gasteiger partial charge is 0.481 e. The minimum absolute atomic E-state index is 0.325. The second kappa shape index (κ2) is 10.1. The Labute approximate surface area is 190 Å². The summed E-state index contributed by atoms with van der Waals surface area (Å²) in [5, 5.41) is 13.3. The highest BCUT2D eigenvalue weighted by molar-refractivity contribution is 5.84. The van der Waals surface area contributed by atoms with Crippen molar-refractivity contribution in [3.05, 3.63) is 30.2 Å². The summed E-state index contributed by atoms with van der Waals surface area (Å²) in [4.78, 5) is 27.6. The number of hydrogen-bond acceptors (Lipinski definition) is 7. The Morgan fingerprint density at radius 2 is 1.75 bits per heavy atom. The highest BCUT2D eigenvalue weighted by Crippen LogP contribution is 2.45. The van der Waals surface area contributed by atoms with Gasteiger partial charge in [-0.15, -0.1) is 0 Å². The van der Waals surface area contributed by atoms with Crippen molar-refractivity contribution < 1.29 is 14.6 Å². The minimum Gasteiger partial charge on any atom is -0.481 e. The van der Waals surface area contributed by atoms with Crippen molar-refractivity contribution in [2.45, 2.75) is 59.3 Å². The fraction of sp³-hybridized carbons (Fsp3) is 0.583. The molecule has 2 N–H and O–H groups in total. The minimum atomic E-state index is -0.849. The number of aromatic nitrogens is 3. The molecule has 8 heteroatoms. The Morgan fingerprint density at radius 3 is 2.22 bits per heavy atom. The van der Waals surface area contributed by atoms with Crippen molar-refractivity contribution in [3.8, 4) is 6.01 Å². The Balaban J connectivity index is 2.02. The lowest BCUT2D eigenvalue weighted by Gasteiger charge is -2.38. The van der Waals surface area contributed by atoms with Gasteiger partial charge in [0, 0.05) is 19.3 Å². The van der Waals surface area contributed by atoms with Crippen LogP contribution in [0, 0.1) is 11.8 Å². The van der Waals surface area contributed by atoms with E-state index >= 15 is 0 Å². The molecule has 0 atom stereocenters. The van der Waals surface area contributed by atoms with Crippen molar-refractivity contribution in [2.75, 3.05) is 29.9 Å². The number of aliphatic carboxylic acids is 1. The maximum atomic E-state index is 12.1. The first-order chi connectivity index (χ1) is 15.2. The summed E-state index contributed by atoms with van der Waals surface area (Å²) in [5.41, 5.74) is 1.35. The molecule has 1 aliphatic carbocycles. The fourth-order valence-electron chi connectivity index (χ4n) is 4.09. The number of pyridine rings is 1. The molecule has 8 nitrogen and oxygen atoms in total. The van der Waals surface area contributed by atoms with Gasteiger partial charge in [0.2, 0.25) is 0 Å². The molecular formula is C24H35N5O3. The van der Waals surface area contributed by atoms with Crippen molar-refractivity contribution in [2.24, 2.45) is 11.8 Å². The Bertz CT molecular complexity index is 900. The topological polar surface area (TPSA) is 100 Å². The summed E-state index contributed by atoms with van der Waals surface area (Å²) in [7, 11) is 0. The Kier molecular flexibility index (Phi) is 7.53. The zero-order valence-electron chi connectivity index (χ0n) is 19.8. The molecule has 1 fully saturated rings. The van der Waals surface area contributed by atoms with Crippen LogP contribution in [0.5, 0.6) is 6.01 Å². The van der Waals surface area contributed by atoms with Gasteiger partial charge in [-0.1, -0.05) is 34.1 Å². The Morgan fingerprint density at radius 1 is 1.12 bits per heavy atom. The first-order valence-electron chi connectivity index (χ1n) is 11.5. The molecule has 2 heterocycles. The van der Waals surface area contributed by atoms with Crippen molar-refractivity contribution >= 4 is 23.2 Å². The lowest BCUT2D eigenvalue weighted by Crippen LogP contribution is -2.42. The van der Waals surface area contributed by atoms with Crippen LogP contribution in [0.3, 0.4) is 0 Å². The average molecular weight is 442 g/mol. The molecule has 2 aromatic heterocycles. The molecule has 2 aromatic rings. The van der Waals surface area contributed by atoms with Gasteiger partial charge in [-0.3, -0.25) is 4.79 Å². The van der Waals surface area contributed by atoms with E-state index in [1.54, 1.807) is 18.6 Å². The second-order valence-electron chi connectivity index (χ2n) is 9.34. The molecule has 0 bridgehead atoms. The monoisotopic (exact) mass is 441 g/mol. The molecular weight excluding hydrogens is 406 g/mol. The first kappa shape index (κ1) is 23.8. The van der Waals surface area contributed by atoms with E-state index in [0.29, 0.717) is 43.0 Å². The average Bonchev–Trinajstić information content (AvgIpc) is 2.67. The van der Waals surface area contributed by atoms with Crippen molar-refractivity contribution in [1.82, 2.24) is 15.0 Å². The Hall–Kier alpha value is -2.90. The van der Waals surface area contributed by atoms with Crippen LogP contribution < -0.4 is 15.0 Å². The van der Waals surface area contributed by atoms with Crippen LogP contribution in [0.25, 0.3) is 0 Å². The van der Waals surface area contributed by atoms with Crippen LogP contribution in [-0.4, -0.2) is 45.7 Å². The number of rotatable bonds is 11. The lowest BCUT2D eigenvalue weighted by atomic mass is 9.65. The summed E-state index contributed by atoms with van der Waals surface area (Å²) >= 11 is 0. The third-order valence-corrected chi connectivity index (χ3v) is 5.69. The molecule has 3 rings (SSSR count). The predicted molar refractivity (Wildman–Crippen MR) is 126 cm³/mol. The number of carboxylic acids is 1. The number of carboxylic acid groups (broad SMARTS) is 1. The molecule has 0 unspecified atom stereocenters. The van der Waals surface area contributed by atoms with E-state index in [9.17, 15) is 9.90 Å². The van der Waals surface area contributed by atoms with E-state index in [-0.39, 0.29) is 0 Å². The quantitative estimate of drug-likeness (QED) is 0.520. The SMILES string of the molecule is CCOc1ncc(Nc2cc(C3(C(=O)O)CCC3)cnc2N(CC(C)C)CC(C)C)cn1. The molecule has 0 aliphatic heterocycles. The van der Waals surface area contributed by atoms with E-state index in [0.717, 1.165) is 36.6 Å². The van der Waals surface area contributed by atoms with E-state index < -0.39 is 11.4 Å². The fourth-order valence-corrected chi connectivity index (χ4v) is 4.09. The molecule has 0 spiro atoms. The van der Waals surface area contributed by atoms with Gasteiger partial charge in [0.05, 0.1) is 35.8 Å². The van der Waals surface area contributed by atoms with Crippen LogP contribution in [0.4, 0.5) is 17.2 Å². The van der Waals surface area contributed by atoms with Crippen LogP contribution in [0.1, 0.15) is 59.4 Å². The summed E-state index contributed by atoms with van der Waals surface area (Å²) < 4.78 is 5.34. The van der Waals surface area contributed by atoms with Gasteiger partial charge in [0.1, 0.15) is 0 Å². The van der Waals surface area contributed by atoms with Crippen LogP contribution >= 0.6 is 0 Å². The number of hydrogen-bond donors (Lipinski definition) is 2. The summed E-state index contributed by atoms with van der Waals surface area (Å²) in [5.74, 6) is 0.933. The third-order valence-electron chi connectivity index (χ3n) is 5.69. The van der Waals surface area contributed by atoms with Crippen LogP contribution in [-0.2, 0) is 10.2 Å². The summed E-state index contributed by atoms with van der Waals surface area (Å²) in [6.07, 6.45) is 7.26. The summed E-state index contributed by atoms with van der Waals surface area (Å²) in [6, 6.07) is 2.27. The van der Waals surface area contributed by atoms with Gasteiger partial charge in [-0.2, -0.15) is 0 Å². The number of nitrogens with zero attached hydrogens (tertiary/aromatic N) is 4. The molecule has 0 saturated heterocycles. The van der Waals surface area contributed by atoms with Gasteiger partial charge in [0.15, 0.2) is 5.82 Å². The van der Waals surface area contributed by atoms with E-state index in [2.05, 4.69) is 47.9 Å². The highest BCUT2D eigenvalue weighted by atomic mass is 16.5. The lowest BCUT2D eigenvalue weighted by molar-refractivity contribution is -0.147. The number of anilines is 3. The molecule has 0 radical (unpaired) electrons. The predicted octanol–water partition coefficient (Wildman–Crippen LogP) is 4.64. The summed E-state index contributed by atoms with van der Waals surface area (Å²) in [6.45, 7) is 12.8. The smallest absolute Gasteiger partial charge is 0.316 e. The van der Waals surface area contributed by atoms with Crippen LogP contribution in [0.2, 0.25) is 0 Å². The molecule has 0 amide bonds. The van der Waals surface area contributed by atoms with Gasteiger partial charge >= 0.3 is 12.0 Å². The van der Waals surface area contributed by atoms with Gasteiger partial charge in [-0.25, -0.2) is 15.0 Å². The molecule has 0 aromatic carbocycles. The molecule has 174 valence electrons. The maximum absolute atomic E-state index is 12.1. The molecule has 32 heavy (non-hydrogen) atoms. The zero-order chi connectivity index (χ0) is 23.3. The van der Waals surface area contributed by atoms with E-state index in [1.807, 2.05) is 13.0 Å². The maximum Gasteiger partial charge on any atom is 0.316 e. The first-order valence-corrected chi connectivity index (χ1v) is 11.5. The van der Waals surface area contributed by atoms with Crippen LogP contribution in [0.15, 0.2) is 24.7 Å². The second-order valence-corrected chi connectivity index (χ2v) is 9.34. The molecule has 1 saturated carbocycles. The number of ether oxygens (including phenoxy) is 1. The van der Waals surface area contributed by atoms with Crippen molar-refractivity contribution in [1.29, 1.82) is 0 Å². The number of carbonyl (C=O) groups is 1. The van der Waals surface area contributed by atoms with E-state index in [1.165, 1.54) is 0 Å². The standard InChI is InChI=1S/C24H35N5O3/c1-6-32-23-26-12-19(13-27-23)28-20-10-18(24(22(30)31)8-7-9-24)11-25-21(20)29(14-16(2)3)15-17(4)5/h10-13,16-17,28H,6-9,14-15H2,1-5H3,(H,30,31). The van der Waals surface area contributed by atoms with Gasteiger partial charge in [0.25, 0.3) is 0 Å². The van der Waals surface area contributed by atoms with Crippen molar-refractivity contribution in [3.63, 3.8) is 0 Å². The zero-order valence-corrected chi connectivity index (χ0v) is 19.8. The molecule has 1 aliphatic rings. The van der Waals surface area contributed by atoms with E-state index in [4.69, 9.17) is 9.72 Å². The van der Waals surface area contributed by atoms with Gasteiger partial charge < -0.3 is 20.1 Å². The third kappa shape index (κ3) is 5.29.